The van der Waals surface area contributed by atoms with Crippen molar-refractivity contribution in [3.63, 3.8) is 0 Å². The van der Waals surface area contributed by atoms with Crippen molar-refractivity contribution < 1.29 is 23.8 Å². The third-order valence-corrected chi connectivity index (χ3v) is 9.45. The molecule has 2 aromatic carbocycles. The number of ketones is 1. The van der Waals surface area contributed by atoms with Crippen LogP contribution in [0.15, 0.2) is 36.4 Å². The Morgan fingerprint density at radius 2 is 2.00 bits per heavy atom. The number of nitrogens with one attached hydrogen (secondary N) is 1. The summed E-state index contributed by atoms with van der Waals surface area (Å²) in [7, 11) is 1.72. The van der Waals surface area contributed by atoms with Crippen molar-refractivity contribution in [2.75, 3.05) is 13.9 Å². The number of rotatable bonds is 6. The molecular formula is C30H35NO5. The van der Waals surface area contributed by atoms with E-state index in [1.165, 1.54) is 11.1 Å². The number of methoxy groups -OCH3 is 1. The molecule has 0 unspecified atom stereocenters. The Morgan fingerprint density at radius 1 is 1.14 bits per heavy atom. The zero-order valence-electron chi connectivity index (χ0n) is 21.2. The number of carbonyl (C=O) groups is 2. The van der Waals surface area contributed by atoms with E-state index in [1.54, 1.807) is 7.11 Å². The highest BCUT2D eigenvalue weighted by Gasteiger charge is 2.58. The van der Waals surface area contributed by atoms with Gasteiger partial charge in [0.05, 0.1) is 7.11 Å². The van der Waals surface area contributed by atoms with Gasteiger partial charge in [-0.3, -0.25) is 9.59 Å². The summed E-state index contributed by atoms with van der Waals surface area (Å²) >= 11 is 0. The molecule has 0 radical (unpaired) electrons. The Hall–Kier alpha value is -3.02. The molecule has 2 fully saturated rings. The molecular weight excluding hydrogens is 454 g/mol. The lowest BCUT2D eigenvalue weighted by atomic mass is 9.54. The Bertz CT molecular complexity index is 1190. The molecule has 1 N–H and O–H groups in total. The Morgan fingerprint density at radius 3 is 2.86 bits per heavy atom. The maximum absolute atomic E-state index is 13.3. The molecule has 2 aromatic rings. The first-order valence-corrected chi connectivity index (χ1v) is 13.3. The van der Waals surface area contributed by atoms with Crippen LogP contribution >= 0.6 is 0 Å². The van der Waals surface area contributed by atoms with E-state index in [0.717, 1.165) is 54.9 Å². The fourth-order valence-electron chi connectivity index (χ4n) is 7.67. The largest absolute Gasteiger partial charge is 0.497 e. The molecule has 4 aliphatic rings. The predicted octanol–water partition coefficient (Wildman–Crippen LogP) is 5.17. The van der Waals surface area contributed by atoms with Crippen molar-refractivity contribution in [3.8, 4) is 17.2 Å². The number of fused-ring (bicyclic) bond motifs is 6. The first-order chi connectivity index (χ1) is 17.5. The maximum atomic E-state index is 13.3. The van der Waals surface area contributed by atoms with Crippen LogP contribution in [-0.2, 0) is 22.6 Å². The standard InChI is InChI=1S/C30H35NO5/c1-30-12-11-23-22-8-6-21(34-2)14-19(22)4-7-24(23)29(30)20(15-27(30)32)5-10-28(33)31-16-18-3-9-25-26(13-18)36-17-35-25/h3,6,8-9,13-14,20,23-24,29H,4-5,7,10-12,15-17H2,1-2H3,(H,31,33)/t20-,23-,24-,29+,30-/m1/s1. The van der Waals surface area contributed by atoms with Crippen LogP contribution in [0, 0.1) is 23.2 Å². The summed E-state index contributed by atoms with van der Waals surface area (Å²) in [4.78, 5) is 26.0. The van der Waals surface area contributed by atoms with Gasteiger partial charge >= 0.3 is 0 Å². The van der Waals surface area contributed by atoms with Crippen molar-refractivity contribution in [2.24, 2.45) is 23.2 Å². The van der Waals surface area contributed by atoms with Crippen molar-refractivity contribution in [1.29, 1.82) is 0 Å². The van der Waals surface area contributed by atoms with E-state index >= 15 is 0 Å². The van der Waals surface area contributed by atoms with Gasteiger partial charge in [-0.15, -0.1) is 0 Å². The van der Waals surface area contributed by atoms with Crippen molar-refractivity contribution in [3.05, 3.63) is 53.1 Å². The second kappa shape index (κ2) is 9.13. The number of ether oxygens (including phenoxy) is 3. The van der Waals surface area contributed by atoms with Crippen LogP contribution in [0.3, 0.4) is 0 Å². The molecule has 0 spiro atoms. The Labute approximate surface area is 212 Å². The molecule has 1 heterocycles. The van der Waals surface area contributed by atoms with E-state index < -0.39 is 0 Å². The van der Waals surface area contributed by atoms with E-state index in [9.17, 15) is 9.59 Å². The minimum Gasteiger partial charge on any atom is -0.497 e. The van der Waals surface area contributed by atoms with E-state index in [2.05, 4.69) is 30.4 Å². The first-order valence-electron chi connectivity index (χ1n) is 13.3. The van der Waals surface area contributed by atoms with Gasteiger partial charge < -0.3 is 19.5 Å². The predicted molar refractivity (Wildman–Crippen MR) is 135 cm³/mol. The Kier molecular flexibility index (Phi) is 5.93. The van der Waals surface area contributed by atoms with E-state index in [4.69, 9.17) is 14.2 Å². The summed E-state index contributed by atoms with van der Waals surface area (Å²) in [6.07, 6.45) is 6.04. The van der Waals surface area contributed by atoms with Gasteiger partial charge in [-0.1, -0.05) is 19.1 Å². The van der Waals surface area contributed by atoms with Crippen LogP contribution in [0.2, 0.25) is 0 Å². The van der Waals surface area contributed by atoms with Crippen LogP contribution in [-0.4, -0.2) is 25.6 Å². The fourth-order valence-corrected chi connectivity index (χ4v) is 7.67. The molecule has 0 aromatic heterocycles. The van der Waals surface area contributed by atoms with Crippen molar-refractivity contribution >= 4 is 11.7 Å². The topological polar surface area (TPSA) is 73.9 Å². The summed E-state index contributed by atoms with van der Waals surface area (Å²) in [5.74, 6) is 4.52. The smallest absolute Gasteiger partial charge is 0.231 e. The van der Waals surface area contributed by atoms with Crippen LogP contribution < -0.4 is 19.5 Å². The lowest BCUT2D eigenvalue weighted by Gasteiger charge is -2.50. The highest BCUT2D eigenvalue weighted by molar-refractivity contribution is 5.88. The van der Waals surface area contributed by atoms with Gasteiger partial charge in [0.25, 0.3) is 0 Å². The highest BCUT2D eigenvalue weighted by Crippen LogP contribution is 2.62. The molecule has 6 rings (SSSR count). The van der Waals surface area contributed by atoms with Crippen LogP contribution in [0.25, 0.3) is 0 Å². The van der Waals surface area contributed by atoms with E-state index in [1.807, 2.05) is 18.2 Å². The third kappa shape index (κ3) is 3.95. The van der Waals surface area contributed by atoms with Gasteiger partial charge in [0, 0.05) is 24.8 Å². The highest BCUT2D eigenvalue weighted by atomic mass is 16.7. The lowest BCUT2D eigenvalue weighted by molar-refractivity contribution is -0.129. The summed E-state index contributed by atoms with van der Waals surface area (Å²) in [6, 6.07) is 12.3. The molecule has 36 heavy (non-hydrogen) atoms. The zero-order valence-corrected chi connectivity index (χ0v) is 21.2. The summed E-state index contributed by atoms with van der Waals surface area (Å²) in [5, 5.41) is 3.05. The minimum absolute atomic E-state index is 0.0437. The number of hydrogen-bond acceptors (Lipinski definition) is 5. The van der Waals surface area contributed by atoms with Gasteiger partial charge in [-0.2, -0.15) is 0 Å². The molecule has 1 aliphatic heterocycles. The monoisotopic (exact) mass is 489 g/mol. The lowest BCUT2D eigenvalue weighted by Crippen LogP contribution is -2.44. The molecule has 1 amide bonds. The van der Waals surface area contributed by atoms with Gasteiger partial charge in [0.2, 0.25) is 12.7 Å². The van der Waals surface area contributed by atoms with Gasteiger partial charge in [-0.25, -0.2) is 0 Å². The number of carbonyl (C=O) groups excluding carboxylic acids is 2. The SMILES string of the molecule is COc1ccc2c(c1)CC[C@H]1[C@@H]3[C@H](CCC(=O)NCc4ccc5c(c4)OCO5)CC(=O)[C@@]3(C)CC[C@H]21. The number of benzene rings is 2. The Balaban J connectivity index is 1.12. The summed E-state index contributed by atoms with van der Waals surface area (Å²) < 4.78 is 16.3. The number of Topliss-reactive ketones (excluding diaryl/α,β-unsaturated/α-hetero) is 1. The molecule has 6 heteroatoms. The normalized spacial score (nSPS) is 29.8. The van der Waals surface area contributed by atoms with Gasteiger partial charge in [-0.05, 0) is 96.7 Å². The van der Waals surface area contributed by atoms with E-state index in [0.29, 0.717) is 42.9 Å². The molecule has 0 bridgehead atoms. The second-order valence-corrected chi connectivity index (χ2v) is 11.2. The minimum atomic E-state index is -0.237. The summed E-state index contributed by atoms with van der Waals surface area (Å²) in [6.45, 7) is 2.91. The molecule has 5 atom stereocenters. The van der Waals surface area contributed by atoms with Crippen LogP contribution in [0.1, 0.15) is 68.1 Å². The number of amides is 1. The molecule has 2 saturated carbocycles. The van der Waals surface area contributed by atoms with Crippen LogP contribution in [0.5, 0.6) is 17.2 Å². The maximum Gasteiger partial charge on any atom is 0.231 e. The van der Waals surface area contributed by atoms with Crippen molar-refractivity contribution in [2.45, 2.75) is 64.3 Å². The average Bonchev–Trinajstić information content (AvgIpc) is 3.47. The molecule has 0 saturated heterocycles. The van der Waals surface area contributed by atoms with Gasteiger partial charge in [0.1, 0.15) is 11.5 Å². The third-order valence-electron chi connectivity index (χ3n) is 9.45. The fraction of sp³-hybridized carbons (Fsp3) is 0.533. The average molecular weight is 490 g/mol. The van der Waals surface area contributed by atoms with Crippen molar-refractivity contribution in [1.82, 2.24) is 5.32 Å². The molecule has 3 aliphatic carbocycles. The van der Waals surface area contributed by atoms with Crippen LogP contribution in [0.4, 0.5) is 0 Å². The first kappa shape index (κ1) is 23.4. The van der Waals surface area contributed by atoms with E-state index in [-0.39, 0.29) is 24.0 Å². The summed E-state index contributed by atoms with van der Waals surface area (Å²) in [5.41, 5.74) is 3.61. The van der Waals surface area contributed by atoms with Gasteiger partial charge in [0.15, 0.2) is 11.5 Å². The number of hydrogen-bond donors (Lipinski definition) is 1. The second-order valence-electron chi connectivity index (χ2n) is 11.2. The molecule has 6 nitrogen and oxygen atoms in total. The number of aryl methyl sites for hydroxylation is 1. The quantitative estimate of drug-likeness (QED) is 0.606. The molecule has 190 valence electrons. The zero-order chi connectivity index (χ0) is 24.9.